The molecule has 0 saturated carbocycles. The SMILES string of the molecule is CC(O)CCNc1cc2n[nH]c(=O)n2cn1. The van der Waals surface area contributed by atoms with Gasteiger partial charge in [-0.15, -0.1) is 0 Å². The molecule has 0 saturated heterocycles. The molecule has 3 N–H and O–H groups in total. The maximum atomic E-state index is 11.1. The molecule has 1 unspecified atom stereocenters. The van der Waals surface area contributed by atoms with Gasteiger partial charge in [0.15, 0.2) is 5.65 Å². The fourth-order valence-electron chi connectivity index (χ4n) is 1.32. The van der Waals surface area contributed by atoms with Gasteiger partial charge in [-0.2, -0.15) is 5.10 Å². The average molecular weight is 223 g/mol. The lowest BCUT2D eigenvalue weighted by Gasteiger charge is -2.06. The molecule has 0 aromatic carbocycles. The monoisotopic (exact) mass is 223 g/mol. The predicted molar refractivity (Wildman–Crippen MR) is 58.4 cm³/mol. The van der Waals surface area contributed by atoms with Crippen molar-refractivity contribution in [2.45, 2.75) is 19.4 Å². The van der Waals surface area contributed by atoms with E-state index < -0.39 is 0 Å². The quantitative estimate of drug-likeness (QED) is 0.655. The molecule has 2 aromatic rings. The Hall–Kier alpha value is -1.89. The van der Waals surface area contributed by atoms with Crippen molar-refractivity contribution in [3.05, 3.63) is 22.9 Å². The number of aromatic nitrogens is 4. The molecule has 0 radical (unpaired) electrons. The zero-order valence-corrected chi connectivity index (χ0v) is 8.84. The van der Waals surface area contributed by atoms with Gasteiger partial charge in [-0.3, -0.25) is 0 Å². The van der Waals surface area contributed by atoms with Gasteiger partial charge in [0.05, 0.1) is 6.10 Å². The zero-order valence-electron chi connectivity index (χ0n) is 8.84. The number of rotatable bonds is 4. The largest absolute Gasteiger partial charge is 0.393 e. The molecule has 2 heterocycles. The number of anilines is 1. The first-order chi connectivity index (χ1) is 7.66. The Labute approximate surface area is 91.1 Å². The Morgan fingerprint density at radius 1 is 1.69 bits per heavy atom. The molecule has 2 rings (SSSR count). The third kappa shape index (κ3) is 2.19. The van der Waals surface area contributed by atoms with E-state index in [1.807, 2.05) is 0 Å². The summed E-state index contributed by atoms with van der Waals surface area (Å²) in [4.78, 5) is 15.2. The Bertz CT molecular complexity index is 530. The van der Waals surface area contributed by atoms with E-state index in [0.29, 0.717) is 24.4 Å². The summed E-state index contributed by atoms with van der Waals surface area (Å²) in [6, 6.07) is 1.67. The zero-order chi connectivity index (χ0) is 11.5. The molecule has 16 heavy (non-hydrogen) atoms. The van der Waals surface area contributed by atoms with E-state index in [0.717, 1.165) is 0 Å². The molecule has 7 nitrogen and oxygen atoms in total. The van der Waals surface area contributed by atoms with Crippen LogP contribution in [0.5, 0.6) is 0 Å². The first-order valence-corrected chi connectivity index (χ1v) is 5.01. The molecule has 0 aliphatic rings. The number of H-pyrrole nitrogens is 1. The molecule has 0 spiro atoms. The highest BCUT2D eigenvalue weighted by Gasteiger charge is 2.02. The van der Waals surface area contributed by atoms with Gasteiger partial charge in [-0.25, -0.2) is 19.3 Å². The molecule has 2 aromatic heterocycles. The minimum absolute atomic E-state index is 0.307. The molecule has 0 aliphatic heterocycles. The highest BCUT2D eigenvalue weighted by Crippen LogP contribution is 2.04. The maximum Gasteiger partial charge on any atom is 0.348 e. The molecular formula is C9H13N5O2. The van der Waals surface area contributed by atoms with E-state index in [-0.39, 0.29) is 11.8 Å². The number of nitrogens with zero attached hydrogens (tertiary/aromatic N) is 3. The van der Waals surface area contributed by atoms with E-state index in [4.69, 9.17) is 5.11 Å². The fourth-order valence-corrected chi connectivity index (χ4v) is 1.32. The van der Waals surface area contributed by atoms with Crippen molar-refractivity contribution in [2.75, 3.05) is 11.9 Å². The minimum atomic E-state index is -0.343. The number of aromatic amines is 1. The van der Waals surface area contributed by atoms with Crippen LogP contribution in [0.2, 0.25) is 0 Å². The van der Waals surface area contributed by atoms with E-state index >= 15 is 0 Å². The first-order valence-electron chi connectivity index (χ1n) is 5.01. The van der Waals surface area contributed by atoms with Gasteiger partial charge in [0.2, 0.25) is 0 Å². The lowest BCUT2D eigenvalue weighted by Crippen LogP contribution is -2.12. The number of hydrogen-bond donors (Lipinski definition) is 3. The van der Waals surface area contributed by atoms with Crippen LogP contribution in [0.1, 0.15) is 13.3 Å². The van der Waals surface area contributed by atoms with Crippen LogP contribution in [0.3, 0.4) is 0 Å². The van der Waals surface area contributed by atoms with Gasteiger partial charge in [0.25, 0.3) is 0 Å². The Morgan fingerprint density at radius 2 is 2.50 bits per heavy atom. The Balaban J connectivity index is 2.11. The lowest BCUT2D eigenvalue weighted by atomic mass is 10.3. The molecule has 0 fully saturated rings. The molecule has 0 aliphatic carbocycles. The number of hydrogen-bond acceptors (Lipinski definition) is 5. The van der Waals surface area contributed by atoms with Crippen molar-refractivity contribution in [3.63, 3.8) is 0 Å². The molecule has 0 bridgehead atoms. The van der Waals surface area contributed by atoms with Crippen molar-refractivity contribution in [1.29, 1.82) is 0 Å². The summed E-state index contributed by atoms with van der Waals surface area (Å²) in [7, 11) is 0. The Morgan fingerprint density at radius 3 is 3.25 bits per heavy atom. The van der Waals surface area contributed by atoms with E-state index in [9.17, 15) is 4.79 Å². The second-order valence-corrected chi connectivity index (χ2v) is 3.60. The Kier molecular flexibility index (Phi) is 2.86. The highest BCUT2D eigenvalue weighted by atomic mass is 16.3. The second-order valence-electron chi connectivity index (χ2n) is 3.60. The summed E-state index contributed by atoms with van der Waals surface area (Å²) in [6.45, 7) is 2.35. The van der Waals surface area contributed by atoms with Gasteiger partial charge in [-0.1, -0.05) is 0 Å². The molecule has 0 amide bonds. The van der Waals surface area contributed by atoms with Gasteiger partial charge in [0, 0.05) is 12.6 Å². The smallest absolute Gasteiger partial charge is 0.348 e. The van der Waals surface area contributed by atoms with Crippen molar-refractivity contribution in [1.82, 2.24) is 19.6 Å². The van der Waals surface area contributed by atoms with Crippen LogP contribution in [0, 0.1) is 0 Å². The summed E-state index contributed by atoms with van der Waals surface area (Å²) in [5.41, 5.74) is 0.206. The van der Waals surface area contributed by atoms with Gasteiger partial charge in [0.1, 0.15) is 12.1 Å². The minimum Gasteiger partial charge on any atom is -0.393 e. The number of nitrogens with one attached hydrogen (secondary N) is 2. The summed E-state index contributed by atoms with van der Waals surface area (Å²) < 4.78 is 1.32. The summed E-state index contributed by atoms with van der Waals surface area (Å²) in [5, 5.41) is 18.3. The normalized spacial score (nSPS) is 12.9. The van der Waals surface area contributed by atoms with Crippen molar-refractivity contribution < 1.29 is 5.11 Å². The average Bonchev–Trinajstić information content (AvgIpc) is 2.60. The van der Waals surface area contributed by atoms with Crippen LogP contribution in [0.4, 0.5) is 5.82 Å². The van der Waals surface area contributed by atoms with E-state index in [1.165, 1.54) is 10.7 Å². The van der Waals surface area contributed by atoms with E-state index in [2.05, 4.69) is 20.5 Å². The van der Waals surface area contributed by atoms with Gasteiger partial charge in [-0.05, 0) is 13.3 Å². The van der Waals surface area contributed by atoms with Crippen LogP contribution in [0.25, 0.3) is 5.65 Å². The molecule has 86 valence electrons. The third-order valence-corrected chi connectivity index (χ3v) is 2.18. The first kappa shape index (κ1) is 10.6. The van der Waals surface area contributed by atoms with Gasteiger partial charge < -0.3 is 10.4 Å². The number of fused-ring (bicyclic) bond motifs is 1. The predicted octanol–water partition coefficient (Wildman–Crippen LogP) is -0.400. The van der Waals surface area contributed by atoms with Crippen molar-refractivity contribution >= 4 is 11.5 Å². The number of aliphatic hydroxyl groups is 1. The topological polar surface area (TPSA) is 95.3 Å². The van der Waals surface area contributed by atoms with Crippen LogP contribution < -0.4 is 11.0 Å². The summed E-state index contributed by atoms with van der Waals surface area (Å²) in [6.07, 6.45) is 1.70. The number of aliphatic hydroxyl groups excluding tert-OH is 1. The van der Waals surface area contributed by atoms with Crippen LogP contribution in [-0.2, 0) is 0 Å². The second kappa shape index (κ2) is 4.31. The van der Waals surface area contributed by atoms with Crippen LogP contribution >= 0.6 is 0 Å². The summed E-state index contributed by atoms with van der Waals surface area (Å²) >= 11 is 0. The fraction of sp³-hybridized carbons (Fsp3) is 0.444. The molecule has 1 atom stereocenters. The van der Waals surface area contributed by atoms with Crippen LogP contribution in [-0.4, -0.2) is 37.3 Å². The van der Waals surface area contributed by atoms with Gasteiger partial charge >= 0.3 is 5.69 Å². The third-order valence-electron chi connectivity index (χ3n) is 2.18. The summed E-state index contributed by atoms with van der Waals surface area (Å²) in [5.74, 6) is 0.632. The van der Waals surface area contributed by atoms with Crippen molar-refractivity contribution in [2.24, 2.45) is 0 Å². The van der Waals surface area contributed by atoms with E-state index in [1.54, 1.807) is 13.0 Å². The maximum absolute atomic E-state index is 11.1. The van der Waals surface area contributed by atoms with Crippen molar-refractivity contribution in [3.8, 4) is 0 Å². The molecule has 7 heteroatoms. The lowest BCUT2D eigenvalue weighted by molar-refractivity contribution is 0.188. The highest BCUT2D eigenvalue weighted by molar-refractivity contribution is 5.48. The van der Waals surface area contributed by atoms with Crippen LogP contribution in [0.15, 0.2) is 17.2 Å². The standard InChI is InChI=1S/C9H13N5O2/c1-6(15)2-3-10-7-4-8-12-13-9(16)14(8)5-11-7/h4-6,10,15H,2-3H2,1H3,(H,13,16). The molecular weight excluding hydrogens is 210 g/mol.